The van der Waals surface area contributed by atoms with Crippen molar-refractivity contribution < 1.29 is 19.2 Å². The largest absolute Gasteiger partial charge is 0.375 e. The summed E-state index contributed by atoms with van der Waals surface area (Å²) in [6, 6.07) is 7.13. The highest BCUT2D eigenvalue weighted by Crippen LogP contribution is 2.48. The maximum atomic E-state index is 13.6. The average molecular weight is 508 g/mol. The predicted octanol–water partition coefficient (Wildman–Crippen LogP) is 1.58. The fourth-order valence-electron chi connectivity index (χ4n) is 6.10. The third kappa shape index (κ3) is 4.18. The fraction of sp³-hybridized carbons (Fsp3) is 0.571. The molecule has 1 aromatic carbocycles. The van der Waals surface area contributed by atoms with Crippen molar-refractivity contribution in [2.45, 2.75) is 51.4 Å². The van der Waals surface area contributed by atoms with Gasteiger partial charge in [-0.15, -0.1) is 0 Å². The van der Waals surface area contributed by atoms with Gasteiger partial charge in [-0.25, -0.2) is 4.90 Å². The van der Waals surface area contributed by atoms with Crippen molar-refractivity contribution in [3.05, 3.63) is 47.5 Å². The van der Waals surface area contributed by atoms with Crippen LogP contribution < -0.4 is 5.32 Å². The summed E-state index contributed by atoms with van der Waals surface area (Å²) in [7, 11) is 3.87. The molecule has 37 heavy (non-hydrogen) atoms. The smallest absolute Gasteiger partial charge is 0.238 e. The molecule has 1 N–H and O–H groups in total. The Labute approximate surface area is 218 Å². The van der Waals surface area contributed by atoms with Gasteiger partial charge in [-0.3, -0.25) is 19.3 Å². The van der Waals surface area contributed by atoms with Crippen molar-refractivity contribution in [3.63, 3.8) is 0 Å². The number of hydrogen-bond donors (Lipinski definition) is 1. The summed E-state index contributed by atoms with van der Waals surface area (Å²) in [5.41, 5.74) is 3.01. The van der Waals surface area contributed by atoms with Gasteiger partial charge in [-0.1, -0.05) is 62.3 Å². The van der Waals surface area contributed by atoms with Crippen LogP contribution in [0.4, 0.5) is 0 Å². The number of hydrogen-bond acceptors (Lipinski definition) is 7. The van der Waals surface area contributed by atoms with E-state index in [0.717, 1.165) is 11.3 Å². The van der Waals surface area contributed by atoms with Gasteiger partial charge in [0.05, 0.1) is 23.5 Å². The summed E-state index contributed by atoms with van der Waals surface area (Å²) in [5, 5.41) is 7.44. The summed E-state index contributed by atoms with van der Waals surface area (Å²) < 4.78 is 0. The molecule has 4 heterocycles. The van der Waals surface area contributed by atoms with E-state index < -0.39 is 30.1 Å². The normalized spacial score (nSPS) is 30.8. The van der Waals surface area contributed by atoms with Gasteiger partial charge >= 0.3 is 0 Å². The Balaban J connectivity index is 1.46. The monoisotopic (exact) mass is 507 g/mol. The standard InChI is InChI=1S/C28H37N5O4/c1-7-32-25(35)20-19-13-12-18-22(16-8-10-17(11-9-16)28(2,3)4)30-37-27(18)33(19)23(21(20)26(32)36)24(34)29-14-15-31(5)6/h8-13,18-21,23,27H,7,14-15H2,1-6H3,(H,29,34)/t18-,19?,20+,21+,23+,27+/m1/s1. The highest BCUT2D eigenvalue weighted by molar-refractivity contribution is 6.09. The van der Waals surface area contributed by atoms with Crippen molar-refractivity contribution in [3.8, 4) is 0 Å². The van der Waals surface area contributed by atoms with E-state index in [0.29, 0.717) is 19.6 Å². The molecule has 0 aliphatic carbocycles. The van der Waals surface area contributed by atoms with Gasteiger partial charge in [0.1, 0.15) is 6.04 Å². The number of imide groups is 1. The molecule has 1 unspecified atom stereocenters. The molecule has 9 heteroatoms. The van der Waals surface area contributed by atoms with Crippen LogP contribution in [0.15, 0.2) is 41.6 Å². The number of carbonyl (C=O) groups excluding carboxylic acids is 3. The van der Waals surface area contributed by atoms with Gasteiger partial charge in [-0.2, -0.15) is 0 Å². The van der Waals surface area contributed by atoms with Crippen LogP contribution in [-0.4, -0.2) is 90.2 Å². The lowest BCUT2D eigenvalue weighted by molar-refractivity contribution is -0.148. The van der Waals surface area contributed by atoms with E-state index in [1.54, 1.807) is 6.92 Å². The van der Waals surface area contributed by atoms with Crippen molar-refractivity contribution >= 4 is 23.4 Å². The Morgan fingerprint density at radius 1 is 1.08 bits per heavy atom. The second kappa shape index (κ2) is 9.36. The number of rotatable bonds is 6. The summed E-state index contributed by atoms with van der Waals surface area (Å²) in [5.74, 6) is -2.29. The second-order valence-electron chi connectivity index (χ2n) is 11.7. The summed E-state index contributed by atoms with van der Waals surface area (Å²) in [6.45, 7) is 9.74. The highest BCUT2D eigenvalue weighted by Gasteiger charge is 2.66. The summed E-state index contributed by atoms with van der Waals surface area (Å²) >= 11 is 0. The van der Waals surface area contributed by atoms with Crippen LogP contribution in [-0.2, 0) is 24.6 Å². The number of nitrogens with one attached hydrogen (secondary N) is 1. The first kappa shape index (κ1) is 25.6. The van der Waals surface area contributed by atoms with Crippen LogP contribution in [0.5, 0.6) is 0 Å². The molecule has 0 spiro atoms. The van der Waals surface area contributed by atoms with Crippen molar-refractivity contribution in [2.24, 2.45) is 22.9 Å². The molecule has 4 aliphatic rings. The topological polar surface area (TPSA) is 94.6 Å². The van der Waals surface area contributed by atoms with E-state index in [4.69, 9.17) is 4.84 Å². The molecule has 1 aromatic rings. The number of carbonyl (C=O) groups is 3. The first-order chi connectivity index (χ1) is 17.5. The van der Waals surface area contributed by atoms with Gasteiger partial charge in [-0.05, 0) is 32.0 Å². The maximum Gasteiger partial charge on any atom is 0.238 e. The minimum absolute atomic E-state index is 0.0406. The van der Waals surface area contributed by atoms with Gasteiger partial charge in [0.15, 0.2) is 6.23 Å². The molecule has 4 aliphatic heterocycles. The number of nitrogens with zero attached hydrogens (tertiary/aromatic N) is 4. The maximum absolute atomic E-state index is 13.6. The van der Waals surface area contributed by atoms with Gasteiger partial charge in [0, 0.05) is 31.2 Å². The van der Waals surface area contributed by atoms with Crippen molar-refractivity contribution in [1.82, 2.24) is 20.0 Å². The lowest BCUT2D eigenvalue weighted by Crippen LogP contribution is -2.58. The van der Waals surface area contributed by atoms with E-state index in [9.17, 15) is 14.4 Å². The average Bonchev–Trinajstić information content (AvgIpc) is 3.49. The molecule has 0 bridgehead atoms. The minimum Gasteiger partial charge on any atom is -0.375 e. The summed E-state index contributed by atoms with van der Waals surface area (Å²) in [6.07, 6.45) is 3.45. The Kier molecular flexibility index (Phi) is 6.48. The van der Waals surface area contributed by atoms with Gasteiger partial charge < -0.3 is 15.1 Å². The zero-order valence-electron chi connectivity index (χ0n) is 22.5. The predicted molar refractivity (Wildman–Crippen MR) is 140 cm³/mol. The number of oxime groups is 1. The lowest BCUT2D eigenvalue weighted by atomic mass is 9.84. The number of likely N-dealkylation sites (tertiary alicyclic amines) is 1. The molecule has 198 valence electrons. The molecular weight excluding hydrogens is 470 g/mol. The minimum atomic E-state index is -0.805. The molecule has 9 nitrogen and oxygen atoms in total. The Morgan fingerprint density at radius 2 is 1.76 bits per heavy atom. The molecule has 0 aromatic heterocycles. The van der Waals surface area contributed by atoms with Crippen LogP contribution in [0.1, 0.15) is 38.8 Å². The van der Waals surface area contributed by atoms with Crippen LogP contribution >= 0.6 is 0 Å². The Hall–Kier alpha value is -3.04. The van der Waals surface area contributed by atoms with Gasteiger partial charge in [0.25, 0.3) is 0 Å². The van der Waals surface area contributed by atoms with Crippen LogP contribution in [0.3, 0.4) is 0 Å². The number of amides is 3. The van der Waals surface area contributed by atoms with Crippen molar-refractivity contribution in [2.75, 3.05) is 33.7 Å². The van der Waals surface area contributed by atoms with Gasteiger partial charge in [0.2, 0.25) is 17.7 Å². The van der Waals surface area contributed by atoms with Crippen LogP contribution in [0.25, 0.3) is 0 Å². The van der Waals surface area contributed by atoms with E-state index in [1.807, 2.05) is 36.0 Å². The van der Waals surface area contributed by atoms with Crippen LogP contribution in [0, 0.1) is 17.8 Å². The van der Waals surface area contributed by atoms with E-state index in [1.165, 1.54) is 10.5 Å². The van der Waals surface area contributed by atoms with E-state index in [2.05, 4.69) is 55.5 Å². The SMILES string of the molecule is CCN1C(=O)[C@@H]2[C@@H](C(=O)NCCN(C)C)N3C(C=C[C@@H]4C(c5ccc(C(C)(C)C)cc5)=NO[C@@H]43)[C@@H]2C1=O. The fourth-order valence-corrected chi connectivity index (χ4v) is 6.10. The molecule has 6 atom stereocenters. The first-order valence-corrected chi connectivity index (χ1v) is 13.1. The second-order valence-corrected chi connectivity index (χ2v) is 11.7. The Bertz CT molecular complexity index is 1150. The zero-order chi connectivity index (χ0) is 26.6. The number of fused-ring (bicyclic) bond motifs is 5. The molecule has 5 rings (SSSR count). The third-order valence-electron chi connectivity index (χ3n) is 8.04. The molecule has 0 saturated carbocycles. The molecule has 0 radical (unpaired) electrons. The van der Waals surface area contributed by atoms with Crippen molar-refractivity contribution in [1.29, 1.82) is 0 Å². The molecule has 2 fully saturated rings. The van der Waals surface area contributed by atoms with E-state index >= 15 is 0 Å². The summed E-state index contributed by atoms with van der Waals surface area (Å²) in [4.78, 5) is 51.4. The lowest BCUT2D eigenvalue weighted by Gasteiger charge is -2.38. The highest BCUT2D eigenvalue weighted by atomic mass is 16.7. The third-order valence-corrected chi connectivity index (χ3v) is 8.04. The molecular formula is C28H37N5O4. The number of likely N-dealkylation sites (N-methyl/N-ethyl adjacent to an activating group) is 1. The van der Waals surface area contributed by atoms with E-state index in [-0.39, 0.29) is 29.1 Å². The Morgan fingerprint density at radius 3 is 2.38 bits per heavy atom. The molecule has 2 saturated heterocycles. The number of benzene rings is 1. The van der Waals surface area contributed by atoms with Crippen LogP contribution in [0.2, 0.25) is 0 Å². The quantitative estimate of drug-likeness (QED) is 0.464. The molecule has 3 amide bonds. The first-order valence-electron chi connectivity index (χ1n) is 13.1. The zero-order valence-corrected chi connectivity index (χ0v) is 22.5.